The van der Waals surface area contributed by atoms with Crippen LogP contribution in [0, 0.1) is 0 Å². The van der Waals surface area contributed by atoms with E-state index in [1.54, 1.807) is 12.3 Å². The lowest BCUT2D eigenvalue weighted by Gasteiger charge is -2.34. The van der Waals surface area contributed by atoms with E-state index in [4.69, 9.17) is 4.42 Å². The van der Waals surface area contributed by atoms with E-state index in [9.17, 15) is 21.6 Å². The zero-order valence-corrected chi connectivity index (χ0v) is 15.7. The molecule has 29 heavy (non-hydrogen) atoms. The lowest BCUT2D eigenvalue weighted by molar-refractivity contribution is -0.155. The lowest BCUT2D eigenvalue weighted by atomic mass is 10.3. The van der Waals surface area contributed by atoms with Crippen molar-refractivity contribution in [2.24, 2.45) is 0 Å². The molecule has 4 heterocycles. The first-order valence-electron chi connectivity index (χ1n) is 8.55. The Balaban J connectivity index is 1.48. The van der Waals surface area contributed by atoms with Gasteiger partial charge in [-0.3, -0.25) is 0 Å². The Labute approximate surface area is 163 Å². The van der Waals surface area contributed by atoms with Crippen LogP contribution in [-0.4, -0.2) is 49.0 Å². The maximum atomic E-state index is 12.8. The summed E-state index contributed by atoms with van der Waals surface area (Å²) in [5, 5.41) is 2.93. The fraction of sp³-hybridized carbons (Fsp3) is 0.294. The normalized spacial score (nSPS) is 16.3. The predicted octanol–water partition coefficient (Wildman–Crippen LogP) is 2.86. The Hall–Kier alpha value is -2.86. The van der Waals surface area contributed by atoms with E-state index >= 15 is 0 Å². The molecule has 154 valence electrons. The summed E-state index contributed by atoms with van der Waals surface area (Å²) in [6.07, 6.45) is -3.03. The van der Waals surface area contributed by atoms with E-state index in [0.717, 1.165) is 5.82 Å². The summed E-state index contributed by atoms with van der Waals surface area (Å²) < 4.78 is 74.3. The van der Waals surface area contributed by atoms with Crippen LogP contribution >= 0.6 is 0 Å². The van der Waals surface area contributed by atoms with Gasteiger partial charge in [-0.1, -0.05) is 11.2 Å². The van der Waals surface area contributed by atoms with Gasteiger partial charge in [0.2, 0.25) is 10.9 Å². The van der Waals surface area contributed by atoms with Crippen molar-refractivity contribution in [3.63, 3.8) is 0 Å². The number of alkyl halides is 3. The van der Waals surface area contributed by atoms with Gasteiger partial charge in [0.15, 0.2) is 5.76 Å². The molecule has 0 unspecified atom stereocenters. The molecular formula is C17H15F3N4O4S. The van der Waals surface area contributed by atoms with Gasteiger partial charge in [0.1, 0.15) is 11.5 Å². The number of nitrogens with zero attached hydrogens (tertiary/aromatic N) is 4. The number of piperazine rings is 1. The Morgan fingerprint density at radius 3 is 2.41 bits per heavy atom. The second-order valence-corrected chi connectivity index (χ2v) is 8.14. The first-order chi connectivity index (χ1) is 13.7. The van der Waals surface area contributed by atoms with Crippen molar-refractivity contribution in [2.45, 2.75) is 11.3 Å². The molecule has 0 N–H and O–H groups in total. The van der Waals surface area contributed by atoms with Crippen molar-refractivity contribution < 1.29 is 30.5 Å². The van der Waals surface area contributed by atoms with Gasteiger partial charge in [-0.2, -0.15) is 17.5 Å². The highest BCUT2D eigenvalue weighted by atomic mass is 32.2. The number of sulfonamides is 1. The molecule has 8 nitrogen and oxygen atoms in total. The molecule has 1 fully saturated rings. The fourth-order valence-corrected chi connectivity index (χ4v) is 4.28. The van der Waals surface area contributed by atoms with E-state index in [1.807, 2.05) is 17.0 Å². The molecule has 0 atom stereocenters. The molecule has 1 aliphatic heterocycles. The third-order valence-electron chi connectivity index (χ3n) is 4.43. The van der Waals surface area contributed by atoms with E-state index in [2.05, 4.69) is 14.7 Å². The summed E-state index contributed by atoms with van der Waals surface area (Å²) in [6.45, 7) is 1.33. The zero-order chi connectivity index (χ0) is 20.6. The molecule has 0 bridgehead atoms. The number of aromatic nitrogens is 2. The summed E-state index contributed by atoms with van der Waals surface area (Å²) >= 11 is 0. The molecule has 12 heteroatoms. The summed E-state index contributed by atoms with van der Waals surface area (Å²) in [6, 6.07) is 8.58. The second-order valence-electron chi connectivity index (χ2n) is 6.27. The SMILES string of the molecule is O=S(=O)(c1ccc(-c2cc(C(F)(F)F)on2)o1)N1CCN(c2ccccn2)CC1. The molecule has 1 saturated heterocycles. The van der Waals surface area contributed by atoms with Crippen molar-refractivity contribution >= 4 is 15.8 Å². The van der Waals surface area contributed by atoms with Crippen molar-refractivity contribution in [2.75, 3.05) is 31.1 Å². The first-order valence-corrected chi connectivity index (χ1v) is 9.99. The molecule has 0 aromatic carbocycles. The topological polar surface area (TPSA) is 92.7 Å². The molecule has 1 aliphatic rings. The number of anilines is 1. The largest absolute Gasteiger partial charge is 0.452 e. The highest BCUT2D eigenvalue weighted by Crippen LogP contribution is 2.33. The number of hydrogen-bond donors (Lipinski definition) is 0. The molecule has 0 saturated carbocycles. The zero-order valence-electron chi connectivity index (χ0n) is 14.8. The van der Waals surface area contributed by atoms with Gasteiger partial charge in [0.05, 0.1) is 0 Å². The molecule has 3 aromatic heterocycles. The van der Waals surface area contributed by atoms with Crippen LogP contribution in [0.15, 0.2) is 56.6 Å². The average molecular weight is 428 g/mol. The number of halogens is 3. The summed E-state index contributed by atoms with van der Waals surface area (Å²) in [5.41, 5.74) is -0.237. The minimum atomic E-state index is -4.69. The number of rotatable bonds is 4. The van der Waals surface area contributed by atoms with Crippen LogP contribution < -0.4 is 4.90 Å². The molecule has 3 aromatic rings. The van der Waals surface area contributed by atoms with Crippen LogP contribution in [0.3, 0.4) is 0 Å². The monoisotopic (exact) mass is 428 g/mol. The van der Waals surface area contributed by atoms with Gasteiger partial charge in [0.25, 0.3) is 10.0 Å². The van der Waals surface area contributed by atoms with Crippen LogP contribution in [-0.2, 0) is 16.2 Å². The van der Waals surface area contributed by atoms with Crippen LogP contribution in [0.4, 0.5) is 19.0 Å². The average Bonchev–Trinajstić information content (AvgIpc) is 3.38. The summed E-state index contributed by atoms with van der Waals surface area (Å²) in [5.74, 6) is -0.662. The summed E-state index contributed by atoms with van der Waals surface area (Å²) in [7, 11) is -3.94. The number of furan rings is 1. The van der Waals surface area contributed by atoms with E-state index in [1.165, 1.54) is 16.4 Å². The third-order valence-corrected chi connectivity index (χ3v) is 6.20. The second kappa shape index (κ2) is 7.19. The van der Waals surface area contributed by atoms with Crippen LogP contribution in [0.25, 0.3) is 11.5 Å². The molecule has 0 amide bonds. The maximum absolute atomic E-state index is 12.8. The van der Waals surface area contributed by atoms with Gasteiger partial charge in [-0.15, -0.1) is 0 Å². The van der Waals surface area contributed by atoms with Gasteiger partial charge in [0, 0.05) is 38.4 Å². The van der Waals surface area contributed by atoms with Crippen molar-refractivity contribution in [1.29, 1.82) is 0 Å². The van der Waals surface area contributed by atoms with E-state index in [-0.39, 0.29) is 29.6 Å². The summed E-state index contributed by atoms with van der Waals surface area (Å²) in [4.78, 5) is 6.21. The Bertz CT molecular complexity index is 1090. The van der Waals surface area contributed by atoms with Crippen molar-refractivity contribution in [1.82, 2.24) is 14.4 Å². The fourth-order valence-electron chi connectivity index (χ4n) is 2.95. The Morgan fingerprint density at radius 1 is 1.03 bits per heavy atom. The Morgan fingerprint density at radius 2 is 1.79 bits per heavy atom. The van der Waals surface area contributed by atoms with Gasteiger partial charge in [-0.05, 0) is 24.3 Å². The number of pyridine rings is 1. The predicted molar refractivity (Wildman–Crippen MR) is 94.4 cm³/mol. The van der Waals surface area contributed by atoms with Crippen molar-refractivity contribution in [3.05, 3.63) is 48.4 Å². The number of hydrogen-bond acceptors (Lipinski definition) is 7. The van der Waals surface area contributed by atoms with Gasteiger partial charge >= 0.3 is 6.18 Å². The molecule has 0 aliphatic carbocycles. The quantitative estimate of drug-likeness (QED) is 0.631. The van der Waals surface area contributed by atoms with Gasteiger partial charge < -0.3 is 13.8 Å². The van der Waals surface area contributed by atoms with Crippen LogP contribution in [0.1, 0.15) is 5.76 Å². The Kier molecular flexibility index (Phi) is 4.82. The van der Waals surface area contributed by atoms with Crippen molar-refractivity contribution in [3.8, 4) is 11.5 Å². The highest BCUT2D eigenvalue weighted by Gasteiger charge is 2.37. The van der Waals surface area contributed by atoms with Crippen LogP contribution in [0.5, 0.6) is 0 Å². The minimum Gasteiger partial charge on any atom is -0.441 e. The minimum absolute atomic E-state index is 0.130. The standard InChI is InChI=1S/C17H15F3N4O4S/c18-17(19,20)14-11-12(22-28-14)13-4-5-16(27-13)29(25,26)24-9-7-23(8-10-24)15-3-1-2-6-21-15/h1-6,11H,7-10H2. The third kappa shape index (κ3) is 3.85. The van der Waals surface area contributed by atoms with Gasteiger partial charge in [-0.25, -0.2) is 13.4 Å². The highest BCUT2D eigenvalue weighted by molar-refractivity contribution is 7.89. The lowest BCUT2D eigenvalue weighted by Crippen LogP contribution is -2.48. The maximum Gasteiger partial charge on any atom is 0.452 e. The van der Waals surface area contributed by atoms with Crippen LogP contribution in [0.2, 0.25) is 0 Å². The van der Waals surface area contributed by atoms with E-state index < -0.39 is 22.0 Å². The van der Waals surface area contributed by atoms with E-state index in [0.29, 0.717) is 19.2 Å². The molecular weight excluding hydrogens is 413 g/mol. The molecule has 4 rings (SSSR count). The first kappa shape index (κ1) is 19.5. The molecule has 0 radical (unpaired) electrons. The molecule has 0 spiro atoms. The smallest absolute Gasteiger partial charge is 0.441 e.